The summed E-state index contributed by atoms with van der Waals surface area (Å²) in [5.74, 6) is 0.299. The second-order valence-corrected chi connectivity index (χ2v) is 8.51. The number of para-hydroxylation sites is 1. The third-order valence-corrected chi connectivity index (χ3v) is 6.78. The third-order valence-electron chi connectivity index (χ3n) is 6.78. The van der Waals surface area contributed by atoms with Crippen LogP contribution in [-0.2, 0) is 30.4 Å². The summed E-state index contributed by atoms with van der Waals surface area (Å²) in [7, 11) is 1.94. The van der Waals surface area contributed by atoms with Gasteiger partial charge in [0.05, 0.1) is 23.6 Å². The molecule has 162 valence electrons. The second-order valence-electron chi connectivity index (χ2n) is 8.51. The van der Waals surface area contributed by atoms with Gasteiger partial charge in [-0.1, -0.05) is 18.2 Å². The lowest BCUT2D eigenvalue weighted by atomic mass is 9.83. The summed E-state index contributed by atoms with van der Waals surface area (Å²) >= 11 is 0. The van der Waals surface area contributed by atoms with Crippen molar-refractivity contribution in [1.29, 1.82) is 0 Å². The van der Waals surface area contributed by atoms with Crippen molar-refractivity contribution in [2.45, 2.75) is 38.3 Å². The lowest BCUT2D eigenvalue weighted by Crippen LogP contribution is -2.47. The smallest absolute Gasteiger partial charge is 0.276 e. The molecule has 0 bridgehead atoms. The summed E-state index contributed by atoms with van der Waals surface area (Å²) in [5.41, 5.74) is 10.3. The first-order valence-electron chi connectivity index (χ1n) is 10.8. The van der Waals surface area contributed by atoms with Crippen LogP contribution < -0.4 is 11.3 Å². The van der Waals surface area contributed by atoms with Crippen molar-refractivity contribution in [3.05, 3.63) is 69.4 Å². The highest BCUT2D eigenvalue weighted by Crippen LogP contribution is 2.40. The largest absolute Gasteiger partial charge is 0.368 e. The average Bonchev–Trinajstić information content (AvgIpc) is 2.99. The molecule has 2 N–H and O–H groups in total. The summed E-state index contributed by atoms with van der Waals surface area (Å²) < 4.78 is 9.96. The Morgan fingerprint density at radius 1 is 1.19 bits per heavy atom. The van der Waals surface area contributed by atoms with E-state index in [1.165, 1.54) is 0 Å². The van der Waals surface area contributed by atoms with Crippen LogP contribution in [0.2, 0.25) is 0 Å². The first-order valence-corrected chi connectivity index (χ1v) is 10.8. The van der Waals surface area contributed by atoms with E-state index in [2.05, 4.69) is 14.9 Å². The first kappa shape index (κ1) is 20.0. The Kier molecular flexibility index (Phi) is 4.91. The molecule has 2 aliphatic heterocycles. The van der Waals surface area contributed by atoms with E-state index in [9.17, 15) is 4.79 Å². The van der Waals surface area contributed by atoms with E-state index in [1.807, 2.05) is 55.2 Å². The van der Waals surface area contributed by atoms with Crippen LogP contribution in [0, 0.1) is 6.92 Å². The highest BCUT2D eigenvalue weighted by Gasteiger charge is 2.42. The zero-order valence-electron chi connectivity index (χ0n) is 18.0. The topological polar surface area (TPSA) is 91.2 Å². The van der Waals surface area contributed by atoms with Gasteiger partial charge in [0.1, 0.15) is 5.60 Å². The van der Waals surface area contributed by atoms with E-state index in [0.29, 0.717) is 19.1 Å². The second kappa shape index (κ2) is 7.62. The third kappa shape index (κ3) is 3.36. The zero-order valence-corrected chi connectivity index (χ0v) is 18.0. The molecule has 0 aliphatic carbocycles. The average molecular weight is 421 g/mol. The maximum Gasteiger partial charge on any atom is 0.276 e. The van der Waals surface area contributed by atoms with Crippen LogP contribution in [0.4, 0.5) is 5.95 Å². The molecular formula is C23H28N6O2. The number of anilines is 1. The molecule has 1 saturated heterocycles. The molecule has 1 aromatic carbocycles. The number of hydrogen-bond donors (Lipinski definition) is 1. The summed E-state index contributed by atoms with van der Waals surface area (Å²) in [6, 6.07) is 9.78. The van der Waals surface area contributed by atoms with Gasteiger partial charge < -0.3 is 10.5 Å². The van der Waals surface area contributed by atoms with Crippen LogP contribution in [-0.4, -0.2) is 43.9 Å². The Hall–Kier alpha value is -2.97. The molecule has 2 aromatic heterocycles. The molecule has 3 aromatic rings. The van der Waals surface area contributed by atoms with Gasteiger partial charge in [0.2, 0.25) is 5.95 Å². The van der Waals surface area contributed by atoms with Gasteiger partial charge in [-0.05, 0) is 43.9 Å². The maximum absolute atomic E-state index is 13.2. The Bertz CT molecular complexity index is 1160. The van der Waals surface area contributed by atoms with Crippen molar-refractivity contribution in [3.8, 4) is 5.69 Å². The Morgan fingerprint density at radius 3 is 2.68 bits per heavy atom. The van der Waals surface area contributed by atoms with Gasteiger partial charge in [0.15, 0.2) is 0 Å². The molecular weight excluding hydrogens is 392 g/mol. The Morgan fingerprint density at radius 2 is 1.94 bits per heavy atom. The molecule has 0 unspecified atom stereocenters. The Labute approximate surface area is 181 Å². The van der Waals surface area contributed by atoms with E-state index in [4.69, 9.17) is 10.5 Å². The number of hydrogen-bond acceptors (Lipinski definition) is 6. The number of nitrogens with zero attached hydrogens (tertiary/aromatic N) is 5. The predicted octanol–water partition coefficient (Wildman–Crippen LogP) is 1.92. The van der Waals surface area contributed by atoms with Crippen molar-refractivity contribution in [3.63, 3.8) is 0 Å². The van der Waals surface area contributed by atoms with Gasteiger partial charge in [0, 0.05) is 38.6 Å². The minimum absolute atomic E-state index is 0.0475. The summed E-state index contributed by atoms with van der Waals surface area (Å²) in [6.45, 7) is 5.00. The number of piperidine rings is 1. The molecule has 2 aliphatic rings. The monoisotopic (exact) mass is 420 g/mol. The van der Waals surface area contributed by atoms with E-state index >= 15 is 0 Å². The summed E-state index contributed by atoms with van der Waals surface area (Å²) in [6.07, 6.45) is 4.32. The standard InChI is InChI=1S/C23H28N6O2/c1-16-19(21(30)29(27(16)2)18-6-4-3-5-7-18)15-28-11-9-23(10-12-28)20-17(8-13-31-23)14-25-22(24)26-20/h3-7,14H,8-13,15H2,1-2H3,(H2,24,25,26). The molecule has 4 heterocycles. The van der Waals surface area contributed by atoms with Crippen molar-refractivity contribution in [1.82, 2.24) is 24.2 Å². The number of fused-ring (bicyclic) bond motifs is 2. The molecule has 1 spiro atoms. The molecule has 8 heteroatoms. The molecule has 0 saturated carbocycles. The fraction of sp³-hybridized carbons (Fsp3) is 0.435. The highest BCUT2D eigenvalue weighted by atomic mass is 16.5. The zero-order chi connectivity index (χ0) is 21.6. The van der Waals surface area contributed by atoms with Crippen LogP contribution in [0.25, 0.3) is 5.69 Å². The predicted molar refractivity (Wildman–Crippen MR) is 118 cm³/mol. The molecule has 31 heavy (non-hydrogen) atoms. The number of nitrogens with two attached hydrogens (primary N) is 1. The van der Waals surface area contributed by atoms with Crippen molar-refractivity contribution in [2.75, 3.05) is 25.4 Å². The molecule has 0 atom stereocenters. The van der Waals surface area contributed by atoms with E-state index in [0.717, 1.165) is 60.6 Å². The lowest BCUT2D eigenvalue weighted by molar-refractivity contribution is -0.102. The Balaban J connectivity index is 1.37. The minimum atomic E-state index is -0.392. The number of ether oxygens (including phenoxy) is 1. The summed E-state index contributed by atoms with van der Waals surface area (Å²) in [5, 5.41) is 0. The van der Waals surface area contributed by atoms with Crippen LogP contribution >= 0.6 is 0 Å². The quantitative estimate of drug-likeness (QED) is 0.696. The number of nitrogen functional groups attached to an aromatic ring is 1. The number of benzene rings is 1. The number of likely N-dealkylation sites (tertiary alicyclic amines) is 1. The normalized spacial score (nSPS) is 18.3. The molecule has 0 radical (unpaired) electrons. The fourth-order valence-corrected chi connectivity index (χ4v) is 4.91. The fourth-order valence-electron chi connectivity index (χ4n) is 4.91. The van der Waals surface area contributed by atoms with E-state index in [-0.39, 0.29) is 5.56 Å². The van der Waals surface area contributed by atoms with E-state index < -0.39 is 5.60 Å². The first-order chi connectivity index (χ1) is 15.0. The van der Waals surface area contributed by atoms with Crippen molar-refractivity contribution < 1.29 is 4.74 Å². The van der Waals surface area contributed by atoms with E-state index in [1.54, 1.807) is 4.68 Å². The molecule has 1 fully saturated rings. The van der Waals surface area contributed by atoms with Crippen molar-refractivity contribution in [2.24, 2.45) is 7.05 Å². The molecule has 5 rings (SSSR count). The molecule has 8 nitrogen and oxygen atoms in total. The van der Waals surface area contributed by atoms with Gasteiger partial charge in [0.25, 0.3) is 5.56 Å². The van der Waals surface area contributed by atoms with Gasteiger partial charge in [-0.15, -0.1) is 0 Å². The van der Waals surface area contributed by atoms with Crippen LogP contribution in [0.15, 0.2) is 41.3 Å². The van der Waals surface area contributed by atoms with Crippen LogP contribution in [0.1, 0.15) is 35.4 Å². The van der Waals surface area contributed by atoms with Crippen LogP contribution in [0.5, 0.6) is 0 Å². The lowest BCUT2D eigenvalue weighted by Gasteiger charge is -2.44. The van der Waals surface area contributed by atoms with Crippen LogP contribution in [0.3, 0.4) is 0 Å². The maximum atomic E-state index is 13.2. The SMILES string of the molecule is Cc1c(CN2CCC3(CC2)OCCc2cnc(N)nc23)c(=O)n(-c2ccccc2)n1C. The highest BCUT2D eigenvalue weighted by molar-refractivity contribution is 5.34. The number of aromatic nitrogens is 4. The number of rotatable bonds is 3. The van der Waals surface area contributed by atoms with Crippen molar-refractivity contribution >= 4 is 5.95 Å². The minimum Gasteiger partial charge on any atom is -0.368 e. The van der Waals surface area contributed by atoms with Gasteiger partial charge in [-0.3, -0.25) is 14.4 Å². The van der Waals surface area contributed by atoms with Gasteiger partial charge in [-0.2, -0.15) is 0 Å². The summed E-state index contributed by atoms with van der Waals surface area (Å²) in [4.78, 5) is 24.3. The van der Waals surface area contributed by atoms with Gasteiger partial charge in [-0.25, -0.2) is 14.6 Å². The molecule has 0 amide bonds. The van der Waals surface area contributed by atoms with Gasteiger partial charge >= 0.3 is 0 Å².